The van der Waals surface area contributed by atoms with Crippen LogP contribution in [-0.4, -0.2) is 31.1 Å². The maximum absolute atomic E-state index is 6.24. The zero-order valence-electron chi connectivity index (χ0n) is 12.7. The van der Waals surface area contributed by atoms with E-state index in [1.165, 1.54) is 18.4 Å². The molecule has 1 aromatic carbocycles. The van der Waals surface area contributed by atoms with E-state index in [1.807, 2.05) is 26.0 Å². The standard InChI is InChI=1S/C16H28N2O/c1-5-6-11-18(4)12-16(17)14-7-9-15(10-8-14)19-13(2)3/h7-10,13,16H,5-6,11-12,17H2,1-4H3. The molecule has 0 fully saturated rings. The third-order valence-corrected chi connectivity index (χ3v) is 3.08. The number of ether oxygens (including phenoxy) is 1. The summed E-state index contributed by atoms with van der Waals surface area (Å²) in [4.78, 5) is 2.30. The van der Waals surface area contributed by atoms with Gasteiger partial charge in [-0.05, 0) is 51.6 Å². The van der Waals surface area contributed by atoms with Gasteiger partial charge in [0.15, 0.2) is 0 Å². The molecule has 0 saturated heterocycles. The zero-order chi connectivity index (χ0) is 14.3. The van der Waals surface area contributed by atoms with E-state index >= 15 is 0 Å². The second-order valence-corrected chi connectivity index (χ2v) is 5.46. The molecule has 0 aromatic heterocycles. The third-order valence-electron chi connectivity index (χ3n) is 3.08. The maximum Gasteiger partial charge on any atom is 0.119 e. The van der Waals surface area contributed by atoms with E-state index in [-0.39, 0.29) is 12.1 Å². The van der Waals surface area contributed by atoms with Crippen LogP contribution in [0.4, 0.5) is 0 Å². The molecule has 19 heavy (non-hydrogen) atoms. The predicted molar refractivity (Wildman–Crippen MR) is 81.5 cm³/mol. The summed E-state index contributed by atoms with van der Waals surface area (Å²) in [6, 6.07) is 8.20. The zero-order valence-corrected chi connectivity index (χ0v) is 12.7. The Kier molecular flexibility index (Phi) is 6.89. The number of benzene rings is 1. The lowest BCUT2D eigenvalue weighted by molar-refractivity contribution is 0.242. The fourth-order valence-corrected chi connectivity index (χ4v) is 2.03. The molecule has 0 heterocycles. The summed E-state index contributed by atoms with van der Waals surface area (Å²) >= 11 is 0. The van der Waals surface area contributed by atoms with Crippen molar-refractivity contribution < 1.29 is 4.74 Å². The summed E-state index contributed by atoms with van der Waals surface area (Å²) in [5.41, 5.74) is 7.40. The summed E-state index contributed by atoms with van der Waals surface area (Å²) in [7, 11) is 2.13. The van der Waals surface area contributed by atoms with Crippen LogP contribution >= 0.6 is 0 Å². The Hall–Kier alpha value is -1.06. The van der Waals surface area contributed by atoms with Gasteiger partial charge < -0.3 is 15.4 Å². The molecule has 1 atom stereocenters. The van der Waals surface area contributed by atoms with Gasteiger partial charge in [-0.3, -0.25) is 0 Å². The molecule has 0 aliphatic rings. The van der Waals surface area contributed by atoms with Gasteiger partial charge in [-0.2, -0.15) is 0 Å². The Morgan fingerprint density at radius 1 is 1.21 bits per heavy atom. The quantitative estimate of drug-likeness (QED) is 0.783. The molecular weight excluding hydrogens is 236 g/mol. The number of nitrogens with zero attached hydrogens (tertiary/aromatic N) is 1. The lowest BCUT2D eigenvalue weighted by atomic mass is 10.1. The van der Waals surface area contributed by atoms with E-state index in [0.29, 0.717) is 0 Å². The molecule has 3 nitrogen and oxygen atoms in total. The molecule has 1 aromatic rings. The first-order valence-corrected chi connectivity index (χ1v) is 7.23. The first kappa shape index (κ1) is 16.0. The number of nitrogens with two attached hydrogens (primary N) is 1. The Labute approximate surface area is 117 Å². The monoisotopic (exact) mass is 264 g/mol. The molecule has 0 aliphatic carbocycles. The molecule has 1 rings (SSSR count). The molecule has 0 radical (unpaired) electrons. The summed E-state index contributed by atoms with van der Waals surface area (Å²) in [6.45, 7) is 8.27. The highest BCUT2D eigenvalue weighted by molar-refractivity contribution is 5.29. The second kappa shape index (κ2) is 8.18. The second-order valence-electron chi connectivity index (χ2n) is 5.46. The Balaban J connectivity index is 2.50. The van der Waals surface area contributed by atoms with Crippen molar-refractivity contribution >= 4 is 0 Å². The first-order valence-electron chi connectivity index (χ1n) is 7.23. The van der Waals surface area contributed by atoms with Crippen LogP contribution in [0.2, 0.25) is 0 Å². The predicted octanol–water partition coefficient (Wildman–Crippen LogP) is 3.21. The van der Waals surface area contributed by atoms with Gasteiger partial charge in [-0.25, -0.2) is 0 Å². The highest BCUT2D eigenvalue weighted by Crippen LogP contribution is 2.18. The summed E-state index contributed by atoms with van der Waals surface area (Å²) in [6.07, 6.45) is 2.66. The van der Waals surface area contributed by atoms with Crippen molar-refractivity contribution in [3.05, 3.63) is 29.8 Å². The number of likely N-dealkylation sites (N-methyl/N-ethyl adjacent to an activating group) is 1. The van der Waals surface area contributed by atoms with E-state index in [9.17, 15) is 0 Å². The van der Waals surface area contributed by atoms with Gasteiger partial charge in [0.05, 0.1) is 6.10 Å². The highest BCUT2D eigenvalue weighted by Gasteiger charge is 2.09. The summed E-state index contributed by atoms with van der Waals surface area (Å²) in [5, 5.41) is 0. The maximum atomic E-state index is 6.24. The SMILES string of the molecule is CCCCN(C)CC(N)c1ccc(OC(C)C)cc1. The van der Waals surface area contributed by atoms with Crippen molar-refractivity contribution in [2.24, 2.45) is 5.73 Å². The van der Waals surface area contributed by atoms with Crippen molar-refractivity contribution in [1.82, 2.24) is 4.90 Å². The first-order chi connectivity index (χ1) is 9.02. The van der Waals surface area contributed by atoms with Gasteiger partial charge in [-0.1, -0.05) is 25.5 Å². The molecule has 0 aliphatic heterocycles. The Bertz CT molecular complexity index is 348. The van der Waals surface area contributed by atoms with Crippen LogP contribution in [-0.2, 0) is 0 Å². The van der Waals surface area contributed by atoms with Gasteiger partial charge in [0.2, 0.25) is 0 Å². The molecule has 108 valence electrons. The van der Waals surface area contributed by atoms with E-state index in [2.05, 4.69) is 31.0 Å². The van der Waals surface area contributed by atoms with E-state index in [1.54, 1.807) is 0 Å². The van der Waals surface area contributed by atoms with E-state index in [4.69, 9.17) is 10.5 Å². The number of unbranched alkanes of at least 4 members (excludes halogenated alkanes) is 1. The fraction of sp³-hybridized carbons (Fsp3) is 0.625. The van der Waals surface area contributed by atoms with Crippen LogP contribution in [0.5, 0.6) is 5.75 Å². The molecule has 3 heteroatoms. The normalized spacial score (nSPS) is 13.0. The van der Waals surface area contributed by atoms with Gasteiger partial charge in [0.25, 0.3) is 0 Å². The molecule has 2 N–H and O–H groups in total. The van der Waals surface area contributed by atoms with Crippen LogP contribution in [0, 0.1) is 0 Å². The van der Waals surface area contributed by atoms with E-state index < -0.39 is 0 Å². The number of hydrogen-bond acceptors (Lipinski definition) is 3. The average molecular weight is 264 g/mol. The van der Waals surface area contributed by atoms with Crippen molar-refractivity contribution in [3.63, 3.8) is 0 Å². The van der Waals surface area contributed by atoms with Crippen LogP contribution in [0.3, 0.4) is 0 Å². The lowest BCUT2D eigenvalue weighted by Crippen LogP contribution is -2.29. The number of hydrogen-bond donors (Lipinski definition) is 1. The Morgan fingerprint density at radius 2 is 1.84 bits per heavy atom. The molecule has 0 bridgehead atoms. The fourth-order valence-electron chi connectivity index (χ4n) is 2.03. The van der Waals surface area contributed by atoms with Crippen LogP contribution in [0.25, 0.3) is 0 Å². The van der Waals surface area contributed by atoms with Crippen molar-refractivity contribution in [3.8, 4) is 5.75 Å². The van der Waals surface area contributed by atoms with Crippen LogP contribution in [0.1, 0.15) is 45.2 Å². The van der Waals surface area contributed by atoms with Crippen LogP contribution < -0.4 is 10.5 Å². The van der Waals surface area contributed by atoms with E-state index in [0.717, 1.165) is 18.8 Å². The number of rotatable bonds is 8. The molecule has 0 saturated carbocycles. The van der Waals surface area contributed by atoms with Crippen molar-refractivity contribution in [2.45, 2.75) is 45.8 Å². The minimum Gasteiger partial charge on any atom is -0.491 e. The molecular formula is C16H28N2O. The molecule has 1 unspecified atom stereocenters. The molecule has 0 spiro atoms. The van der Waals surface area contributed by atoms with Gasteiger partial charge >= 0.3 is 0 Å². The minimum atomic E-state index is 0.0648. The Morgan fingerprint density at radius 3 is 2.37 bits per heavy atom. The summed E-state index contributed by atoms with van der Waals surface area (Å²) < 4.78 is 5.63. The third kappa shape index (κ3) is 6.08. The highest BCUT2D eigenvalue weighted by atomic mass is 16.5. The lowest BCUT2D eigenvalue weighted by Gasteiger charge is -2.21. The van der Waals surface area contributed by atoms with Crippen LogP contribution in [0.15, 0.2) is 24.3 Å². The largest absolute Gasteiger partial charge is 0.491 e. The summed E-state index contributed by atoms with van der Waals surface area (Å²) in [5.74, 6) is 0.908. The van der Waals surface area contributed by atoms with Crippen molar-refractivity contribution in [2.75, 3.05) is 20.1 Å². The van der Waals surface area contributed by atoms with Gasteiger partial charge in [0.1, 0.15) is 5.75 Å². The van der Waals surface area contributed by atoms with Gasteiger partial charge in [0, 0.05) is 12.6 Å². The average Bonchev–Trinajstić information content (AvgIpc) is 2.36. The minimum absolute atomic E-state index is 0.0648. The smallest absolute Gasteiger partial charge is 0.119 e. The van der Waals surface area contributed by atoms with Crippen molar-refractivity contribution in [1.29, 1.82) is 0 Å². The topological polar surface area (TPSA) is 38.5 Å². The van der Waals surface area contributed by atoms with Gasteiger partial charge in [-0.15, -0.1) is 0 Å². The molecule has 0 amide bonds.